The largest absolute Gasteiger partial charge is 0.495 e. The maximum absolute atomic E-state index is 14.0. The van der Waals surface area contributed by atoms with Gasteiger partial charge < -0.3 is 20.1 Å². The van der Waals surface area contributed by atoms with Gasteiger partial charge in [-0.15, -0.1) is 0 Å². The van der Waals surface area contributed by atoms with Crippen molar-refractivity contribution in [2.45, 2.75) is 24.3 Å². The maximum Gasteiger partial charge on any atom is 0.268 e. The summed E-state index contributed by atoms with van der Waals surface area (Å²) in [5.74, 6) is -0.478. The summed E-state index contributed by atoms with van der Waals surface area (Å²) in [6.07, 6.45) is -0.445. The molecule has 2 N–H and O–H groups in total. The van der Waals surface area contributed by atoms with Crippen molar-refractivity contribution in [1.29, 1.82) is 0 Å². The van der Waals surface area contributed by atoms with Crippen LogP contribution < -0.4 is 24.4 Å². The van der Waals surface area contributed by atoms with E-state index in [1.807, 2.05) is 30.3 Å². The van der Waals surface area contributed by atoms with E-state index in [2.05, 4.69) is 10.6 Å². The van der Waals surface area contributed by atoms with Gasteiger partial charge >= 0.3 is 0 Å². The molecule has 1 unspecified atom stereocenters. The molecular weight excluding hydrogens is 494 g/mol. The van der Waals surface area contributed by atoms with E-state index < -0.39 is 27.9 Å². The number of rotatable bonds is 9. The summed E-state index contributed by atoms with van der Waals surface area (Å²) in [7, 11) is -2.89. The van der Waals surface area contributed by atoms with Gasteiger partial charge in [0.15, 0.2) is 6.10 Å². The zero-order valence-corrected chi connectivity index (χ0v) is 21.5. The van der Waals surface area contributed by atoms with Gasteiger partial charge in [-0.05, 0) is 49.2 Å². The SMILES string of the molecule is CCNC(=O)c1ccc(OC)c(S(=O)(=O)N2CC(C(=O)NCCc3ccccc3)Oc3ccccc32)c1. The maximum atomic E-state index is 14.0. The summed E-state index contributed by atoms with van der Waals surface area (Å²) in [5.41, 5.74) is 1.54. The number of sulfonamides is 1. The van der Waals surface area contributed by atoms with Crippen LogP contribution in [-0.2, 0) is 21.2 Å². The van der Waals surface area contributed by atoms with Gasteiger partial charge in [-0.1, -0.05) is 42.5 Å². The average molecular weight is 524 g/mol. The van der Waals surface area contributed by atoms with Crippen molar-refractivity contribution in [3.63, 3.8) is 0 Å². The highest BCUT2D eigenvalue weighted by atomic mass is 32.2. The molecule has 2 amide bonds. The molecule has 10 heteroatoms. The van der Waals surface area contributed by atoms with Crippen molar-refractivity contribution in [3.8, 4) is 11.5 Å². The second-order valence-electron chi connectivity index (χ2n) is 8.36. The number of hydrogen-bond donors (Lipinski definition) is 2. The molecule has 0 fully saturated rings. The van der Waals surface area contributed by atoms with Crippen LogP contribution >= 0.6 is 0 Å². The fourth-order valence-electron chi connectivity index (χ4n) is 4.06. The standard InChI is InChI=1S/C27H29N3O6S/c1-3-28-26(31)20-13-14-23(35-2)25(17-20)37(33,34)30-18-24(36-22-12-8-7-11-21(22)30)27(32)29-16-15-19-9-5-4-6-10-19/h4-14,17,24H,3,15-16,18H2,1-2H3,(H,28,31)(H,29,32). The number of fused-ring (bicyclic) bond motifs is 1. The quantitative estimate of drug-likeness (QED) is 0.446. The predicted molar refractivity (Wildman–Crippen MR) is 140 cm³/mol. The normalized spacial score (nSPS) is 14.8. The molecule has 3 aromatic rings. The molecule has 1 aliphatic heterocycles. The lowest BCUT2D eigenvalue weighted by Gasteiger charge is -2.35. The van der Waals surface area contributed by atoms with Crippen molar-refractivity contribution in [2.24, 2.45) is 0 Å². The second kappa shape index (κ2) is 11.3. The van der Waals surface area contributed by atoms with E-state index in [1.165, 1.54) is 25.3 Å². The van der Waals surface area contributed by atoms with Crippen molar-refractivity contribution in [3.05, 3.63) is 83.9 Å². The lowest BCUT2D eigenvalue weighted by molar-refractivity contribution is -0.127. The van der Waals surface area contributed by atoms with Crippen molar-refractivity contribution >= 4 is 27.5 Å². The highest BCUT2D eigenvalue weighted by Crippen LogP contribution is 2.39. The minimum absolute atomic E-state index is 0.0842. The van der Waals surface area contributed by atoms with Crippen molar-refractivity contribution in [1.82, 2.24) is 10.6 Å². The second-order valence-corrected chi connectivity index (χ2v) is 10.2. The van der Waals surface area contributed by atoms with Gasteiger partial charge in [0.1, 0.15) is 16.4 Å². The molecule has 0 saturated carbocycles. The summed E-state index contributed by atoms with van der Waals surface area (Å²) in [4.78, 5) is 25.2. The Balaban J connectivity index is 1.62. The molecule has 0 aromatic heterocycles. The summed E-state index contributed by atoms with van der Waals surface area (Å²) in [5, 5.41) is 5.51. The minimum atomic E-state index is -4.25. The third-order valence-corrected chi connectivity index (χ3v) is 7.72. The van der Waals surface area contributed by atoms with Crippen molar-refractivity contribution < 1.29 is 27.5 Å². The molecule has 0 aliphatic carbocycles. The Morgan fingerprint density at radius 2 is 1.76 bits per heavy atom. The topological polar surface area (TPSA) is 114 Å². The highest BCUT2D eigenvalue weighted by molar-refractivity contribution is 7.93. The lowest BCUT2D eigenvalue weighted by atomic mass is 10.1. The fraction of sp³-hybridized carbons (Fsp3) is 0.259. The molecule has 3 aromatic carbocycles. The molecule has 4 rings (SSSR count). The van der Waals surface area contributed by atoms with E-state index in [-0.39, 0.29) is 28.5 Å². The molecule has 1 atom stereocenters. The van der Waals surface area contributed by atoms with E-state index in [1.54, 1.807) is 31.2 Å². The third kappa shape index (κ3) is 5.69. The fourth-order valence-corrected chi connectivity index (χ4v) is 5.72. The van der Waals surface area contributed by atoms with Crippen LogP contribution in [0.3, 0.4) is 0 Å². The Kier molecular flexibility index (Phi) is 7.98. The van der Waals surface area contributed by atoms with Gasteiger partial charge in [0, 0.05) is 18.7 Å². The number of carbonyl (C=O) groups excluding carboxylic acids is 2. The van der Waals surface area contributed by atoms with E-state index in [4.69, 9.17) is 9.47 Å². The van der Waals surface area contributed by atoms with Crippen LogP contribution in [0.2, 0.25) is 0 Å². The van der Waals surface area contributed by atoms with E-state index in [0.29, 0.717) is 25.2 Å². The number of hydrogen-bond acceptors (Lipinski definition) is 6. The zero-order chi connectivity index (χ0) is 26.4. The molecular formula is C27H29N3O6S. The van der Waals surface area contributed by atoms with Gasteiger partial charge in [0.25, 0.3) is 21.8 Å². The van der Waals surface area contributed by atoms with Crippen molar-refractivity contribution in [2.75, 3.05) is 31.0 Å². The first-order valence-corrected chi connectivity index (χ1v) is 13.4. The number of nitrogens with one attached hydrogen (secondary N) is 2. The number of ether oxygens (including phenoxy) is 2. The van der Waals surface area contributed by atoms with Crippen LogP contribution in [0, 0.1) is 0 Å². The van der Waals surface area contributed by atoms with Gasteiger partial charge in [-0.3, -0.25) is 13.9 Å². The van der Waals surface area contributed by atoms with E-state index in [0.717, 1.165) is 9.87 Å². The van der Waals surface area contributed by atoms with Crippen LogP contribution in [0.4, 0.5) is 5.69 Å². The Morgan fingerprint density at radius 1 is 1.03 bits per heavy atom. The Bertz CT molecular complexity index is 1380. The van der Waals surface area contributed by atoms with Crippen LogP contribution in [0.1, 0.15) is 22.8 Å². The number of benzene rings is 3. The molecule has 194 valence electrons. The summed E-state index contributed by atoms with van der Waals surface area (Å²) in [6, 6.07) is 20.6. The van der Waals surface area contributed by atoms with E-state index >= 15 is 0 Å². The number of amides is 2. The Morgan fingerprint density at radius 3 is 2.49 bits per heavy atom. The van der Waals surface area contributed by atoms with Crippen LogP contribution in [0.15, 0.2) is 77.7 Å². The van der Waals surface area contributed by atoms with Crippen LogP contribution in [0.5, 0.6) is 11.5 Å². The summed E-state index contributed by atoms with van der Waals surface area (Å²) in [6.45, 7) is 2.30. The number of methoxy groups -OCH3 is 1. The molecule has 0 spiro atoms. The third-order valence-electron chi connectivity index (χ3n) is 5.91. The minimum Gasteiger partial charge on any atom is -0.495 e. The first-order valence-electron chi connectivity index (χ1n) is 11.9. The molecule has 1 heterocycles. The number of anilines is 1. The first-order chi connectivity index (χ1) is 17.8. The molecule has 37 heavy (non-hydrogen) atoms. The van der Waals surface area contributed by atoms with Crippen LogP contribution in [-0.4, -0.2) is 53.1 Å². The van der Waals surface area contributed by atoms with Gasteiger partial charge in [-0.25, -0.2) is 8.42 Å². The molecule has 1 aliphatic rings. The summed E-state index contributed by atoms with van der Waals surface area (Å²) < 4.78 is 40.3. The first kappa shape index (κ1) is 26.0. The molecule has 0 radical (unpaired) electrons. The van der Waals surface area contributed by atoms with Gasteiger partial charge in [0.2, 0.25) is 0 Å². The Hall–Kier alpha value is -4.05. The number of nitrogens with zero attached hydrogens (tertiary/aromatic N) is 1. The van der Waals surface area contributed by atoms with Gasteiger partial charge in [-0.2, -0.15) is 0 Å². The van der Waals surface area contributed by atoms with Crippen LogP contribution in [0.25, 0.3) is 0 Å². The zero-order valence-electron chi connectivity index (χ0n) is 20.6. The predicted octanol–water partition coefficient (Wildman–Crippen LogP) is 2.76. The summed E-state index contributed by atoms with van der Waals surface area (Å²) >= 11 is 0. The molecule has 0 saturated heterocycles. The number of carbonyl (C=O) groups is 2. The number of para-hydroxylation sites is 2. The van der Waals surface area contributed by atoms with E-state index in [9.17, 15) is 18.0 Å². The monoisotopic (exact) mass is 523 g/mol. The molecule has 0 bridgehead atoms. The highest BCUT2D eigenvalue weighted by Gasteiger charge is 2.38. The smallest absolute Gasteiger partial charge is 0.268 e. The Labute approximate surface area is 216 Å². The van der Waals surface area contributed by atoms with Gasteiger partial charge in [0.05, 0.1) is 19.3 Å². The average Bonchev–Trinajstić information content (AvgIpc) is 2.92. The molecule has 9 nitrogen and oxygen atoms in total. The lowest BCUT2D eigenvalue weighted by Crippen LogP contribution is -2.51.